The van der Waals surface area contributed by atoms with Crippen LogP contribution >= 0.6 is 0 Å². The van der Waals surface area contributed by atoms with Gasteiger partial charge in [-0.05, 0) is 37.0 Å². The molecule has 1 aromatic rings. The Morgan fingerprint density at radius 3 is 2.60 bits per heavy atom. The molecule has 2 rings (SSSR count). The van der Waals surface area contributed by atoms with E-state index in [2.05, 4.69) is 4.72 Å². The number of benzene rings is 1. The highest BCUT2D eigenvalue weighted by Gasteiger charge is 2.35. The Hall–Kier alpha value is -1.44. The van der Waals surface area contributed by atoms with Crippen LogP contribution in [0, 0.1) is 0 Å². The van der Waals surface area contributed by atoms with Crippen molar-refractivity contribution >= 4 is 16.0 Å². The number of carboxylic acids is 1. The first-order valence-electron chi connectivity index (χ1n) is 6.32. The Balaban J connectivity index is 2.00. The minimum Gasteiger partial charge on any atom is -0.478 e. The van der Waals surface area contributed by atoms with Crippen LogP contribution in [0.3, 0.4) is 0 Å². The summed E-state index contributed by atoms with van der Waals surface area (Å²) >= 11 is 0. The van der Waals surface area contributed by atoms with Gasteiger partial charge in [-0.25, -0.2) is 17.9 Å². The number of rotatable bonds is 6. The van der Waals surface area contributed by atoms with Crippen molar-refractivity contribution in [3.63, 3.8) is 0 Å². The fourth-order valence-corrected chi connectivity index (χ4v) is 3.28. The Bertz CT molecular complexity index is 607. The van der Waals surface area contributed by atoms with Crippen molar-refractivity contribution in [1.29, 1.82) is 0 Å². The summed E-state index contributed by atoms with van der Waals surface area (Å²) in [5.74, 6) is -1.40. The number of hydrogen-bond acceptors (Lipinski definition) is 4. The van der Waals surface area contributed by atoms with E-state index < -0.39 is 21.6 Å². The first-order chi connectivity index (χ1) is 9.30. The maximum absolute atomic E-state index is 11.9. The van der Waals surface area contributed by atoms with Gasteiger partial charge in [0.05, 0.1) is 16.9 Å². The molecule has 1 fully saturated rings. The molecule has 6 nitrogen and oxygen atoms in total. The highest BCUT2D eigenvalue weighted by atomic mass is 32.2. The largest absolute Gasteiger partial charge is 0.478 e. The molecule has 0 saturated heterocycles. The van der Waals surface area contributed by atoms with Gasteiger partial charge in [-0.1, -0.05) is 12.1 Å². The highest BCUT2D eigenvalue weighted by molar-refractivity contribution is 7.88. The summed E-state index contributed by atoms with van der Waals surface area (Å²) < 4.78 is 26.2. The van der Waals surface area contributed by atoms with Crippen molar-refractivity contribution < 1.29 is 23.4 Å². The van der Waals surface area contributed by atoms with Crippen molar-refractivity contribution in [2.75, 3.05) is 6.54 Å². The van der Waals surface area contributed by atoms with Crippen LogP contribution < -0.4 is 4.72 Å². The molecule has 0 bridgehead atoms. The first-order valence-corrected chi connectivity index (χ1v) is 7.97. The van der Waals surface area contributed by atoms with Crippen molar-refractivity contribution in [2.45, 2.75) is 30.6 Å². The molecular formula is C13H17NO5S. The van der Waals surface area contributed by atoms with Gasteiger partial charge in [-0.15, -0.1) is 0 Å². The second-order valence-electron chi connectivity index (χ2n) is 5.16. The lowest BCUT2D eigenvalue weighted by atomic mass is 9.81. The average Bonchev–Trinajstić information content (AvgIpc) is 2.34. The molecule has 20 heavy (non-hydrogen) atoms. The van der Waals surface area contributed by atoms with E-state index in [9.17, 15) is 18.3 Å². The summed E-state index contributed by atoms with van der Waals surface area (Å²) in [5.41, 5.74) is -0.469. The molecular weight excluding hydrogens is 282 g/mol. The number of carbonyl (C=O) groups is 1. The third-order valence-electron chi connectivity index (χ3n) is 3.44. The summed E-state index contributed by atoms with van der Waals surface area (Å²) in [7, 11) is -3.59. The predicted molar refractivity (Wildman–Crippen MR) is 72.8 cm³/mol. The molecule has 110 valence electrons. The molecule has 1 saturated carbocycles. The number of hydrogen-bond donors (Lipinski definition) is 3. The first kappa shape index (κ1) is 15.0. The third kappa shape index (κ3) is 3.78. The molecule has 1 aliphatic carbocycles. The molecule has 0 aromatic heterocycles. The Kier molecular flexibility index (Phi) is 4.12. The fraction of sp³-hybridized carbons (Fsp3) is 0.462. The fourth-order valence-electron chi connectivity index (χ4n) is 2.07. The van der Waals surface area contributed by atoms with E-state index in [0.717, 1.165) is 6.42 Å². The van der Waals surface area contributed by atoms with Crippen LogP contribution in [0.15, 0.2) is 24.3 Å². The molecule has 3 N–H and O–H groups in total. The van der Waals surface area contributed by atoms with Crippen molar-refractivity contribution in [1.82, 2.24) is 4.72 Å². The van der Waals surface area contributed by atoms with Crippen molar-refractivity contribution in [3.05, 3.63) is 35.4 Å². The highest BCUT2D eigenvalue weighted by Crippen LogP contribution is 2.30. The Labute approximate surface area is 117 Å². The molecule has 0 amide bonds. The molecule has 0 radical (unpaired) electrons. The van der Waals surface area contributed by atoms with E-state index in [-0.39, 0.29) is 17.9 Å². The monoisotopic (exact) mass is 299 g/mol. The number of nitrogens with one attached hydrogen (secondary N) is 1. The van der Waals surface area contributed by atoms with Crippen molar-refractivity contribution in [3.8, 4) is 0 Å². The van der Waals surface area contributed by atoms with E-state index in [1.54, 1.807) is 6.07 Å². The number of aliphatic hydroxyl groups is 1. The predicted octanol–water partition coefficient (Wildman–Crippen LogP) is 0.719. The zero-order chi connectivity index (χ0) is 14.8. The summed E-state index contributed by atoms with van der Waals surface area (Å²) in [6.45, 7) is 0.00789. The van der Waals surface area contributed by atoms with Gasteiger partial charge in [-0.3, -0.25) is 0 Å². The zero-order valence-electron chi connectivity index (χ0n) is 10.9. The lowest BCUT2D eigenvalue weighted by molar-refractivity contribution is -0.0271. The molecule has 1 aliphatic rings. The summed E-state index contributed by atoms with van der Waals surface area (Å²) in [5, 5.41) is 18.7. The number of carboxylic acid groups (broad SMARTS) is 1. The average molecular weight is 299 g/mol. The summed E-state index contributed by atoms with van der Waals surface area (Å²) in [6, 6.07) is 5.81. The van der Waals surface area contributed by atoms with Crippen LogP contribution in [0.5, 0.6) is 0 Å². The van der Waals surface area contributed by atoms with Crippen LogP contribution in [0.25, 0.3) is 0 Å². The maximum Gasteiger partial charge on any atom is 0.335 e. The van der Waals surface area contributed by atoms with Gasteiger partial charge in [-0.2, -0.15) is 0 Å². The Morgan fingerprint density at radius 1 is 1.35 bits per heavy atom. The molecule has 0 atom stereocenters. The van der Waals surface area contributed by atoms with Gasteiger partial charge in [0.25, 0.3) is 0 Å². The van der Waals surface area contributed by atoms with Crippen LogP contribution in [0.4, 0.5) is 0 Å². The molecule has 0 spiro atoms. The van der Waals surface area contributed by atoms with Gasteiger partial charge >= 0.3 is 5.97 Å². The van der Waals surface area contributed by atoms with Crippen LogP contribution in [-0.2, 0) is 15.8 Å². The SMILES string of the molecule is O=C(O)c1cccc(CS(=O)(=O)NCC2(O)CCC2)c1. The second-order valence-corrected chi connectivity index (χ2v) is 6.97. The molecule has 0 aliphatic heterocycles. The van der Waals surface area contributed by atoms with E-state index in [1.807, 2.05) is 0 Å². The van der Waals surface area contributed by atoms with Crippen molar-refractivity contribution in [2.24, 2.45) is 0 Å². The lowest BCUT2D eigenvalue weighted by Gasteiger charge is -2.36. The zero-order valence-corrected chi connectivity index (χ0v) is 11.7. The summed E-state index contributed by atoms with van der Waals surface area (Å²) in [4.78, 5) is 10.8. The molecule has 1 aromatic carbocycles. The topological polar surface area (TPSA) is 104 Å². The van der Waals surface area contributed by atoms with E-state index in [0.29, 0.717) is 18.4 Å². The third-order valence-corrected chi connectivity index (χ3v) is 4.73. The van der Waals surface area contributed by atoms with Gasteiger partial charge in [0, 0.05) is 6.54 Å². The molecule has 0 unspecified atom stereocenters. The van der Waals surface area contributed by atoms with Gasteiger partial charge in [0.2, 0.25) is 10.0 Å². The lowest BCUT2D eigenvalue weighted by Crippen LogP contribution is -2.47. The quantitative estimate of drug-likeness (QED) is 0.718. The van der Waals surface area contributed by atoms with E-state index >= 15 is 0 Å². The van der Waals surface area contributed by atoms with Crippen LogP contribution in [0.1, 0.15) is 35.2 Å². The van der Waals surface area contributed by atoms with E-state index in [4.69, 9.17) is 5.11 Å². The maximum atomic E-state index is 11.9. The standard InChI is InChI=1S/C13H17NO5S/c15-12(16)11-4-1-3-10(7-11)8-20(18,19)14-9-13(17)5-2-6-13/h1,3-4,7,14,17H,2,5-6,8-9H2,(H,15,16). The van der Waals surface area contributed by atoms with E-state index in [1.165, 1.54) is 18.2 Å². The Morgan fingerprint density at radius 2 is 2.05 bits per heavy atom. The summed E-state index contributed by atoms with van der Waals surface area (Å²) in [6.07, 6.45) is 2.10. The van der Waals surface area contributed by atoms with Gasteiger partial charge < -0.3 is 10.2 Å². The minimum absolute atomic E-state index is 0.00789. The van der Waals surface area contributed by atoms with Crippen LogP contribution in [-0.4, -0.2) is 36.7 Å². The van der Waals surface area contributed by atoms with Crippen LogP contribution in [0.2, 0.25) is 0 Å². The molecule has 0 heterocycles. The number of sulfonamides is 1. The van der Waals surface area contributed by atoms with Gasteiger partial charge in [0.1, 0.15) is 0 Å². The second kappa shape index (κ2) is 5.51. The molecule has 7 heteroatoms. The smallest absolute Gasteiger partial charge is 0.335 e. The number of aromatic carboxylic acids is 1. The van der Waals surface area contributed by atoms with Gasteiger partial charge in [0.15, 0.2) is 0 Å². The minimum atomic E-state index is -3.59. The normalized spacial score (nSPS) is 17.4.